The Morgan fingerprint density at radius 3 is 2.38 bits per heavy atom. The zero-order chi connectivity index (χ0) is 12.0. The summed E-state index contributed by atoms with van der Waals surface area (Å²) < 4.78 is 0. The van der Waals surface area contributed by atoms with Gasteiger partial charge in [-0.1, -0.05) is 25.4 Å². The summed E-state index contributed by atoms with van der Waals surface area (Å²) in [7, 11) is 0. The minimum Gasteiger partial charge on any atom is -0.384 e. The highest BCUT2D eigenvalue weighted by Crippen LogP contribution is 2.20. The van der Waals surface area contributed by atoms with Crippen molar-refractivity contribution in [3.8, 4) is 11.1 Å². The van der Waals surface area contributed by atoms with Gasteiger partial charge in [-0.25, -0.2) is 9.97 Å². The van der Waals surface area contributed by atoms with Crippen molar-refractivity contribution >= 4 is 17.4 Å². The molecule has 0 radical (unpaired) electrons. The minimum atomic E-state index is 0.482. The Balaban J connectivity index is 0.000000606. The number of rotatable bonds is 1. The van der Waals surface area contributed by atoms with E-state index in [4.69, 9.17) is 17.3 Å². The second-order valence-electron chi connectivity index (χ2n) is 2.84. The van der Waals surface area contributed by atoms with Crippen LogP contribution in [0.15, 0.2) is 36.7 Å². The van der Waals surface area contributed by atoms with Crippen LogP contribution < -0.4 is 5.73 Å². The number of aromatic nitrogens is 2. The Morgan fingerprint density at radius 1 is 1.06 bits per heavy atom. The Hall–Kier alpha value is -1.61. The van der Waals surface area contributed by atoms with Crippen LogP contribution in [-0.2, 0) is 0 Å². The molecule has 3 nitrogen and oxygen atoms in total. The molecule has 0 aliphatic carbocycles. The van der Waals surface area contributed by atoms with Gasteiger partial charge in [0.15, 0.2) is 0 Å². The molecule has 0 aromatic carbocycles. The second-order valence-corrected chi connectivity index (χ2v) is 3.23. The van der Waals surface area contributed by atoms with Crippen molar-refractivity contribution in [1.29, 1.82) is 0 Å². The summed E-state index contributed by atoms with van der Waals surface area (Å²) in [5, 5.41) is 0.482. The molecule has 0 unspecified atom stereocenters. The van der Waals surface area contributed by atoms with Crippen LogP contribution in [0.1, 0.15) is 13.8 Å². The number of hydrogen-bond acceptors (Lipinski definition) is 3. The third kappa shape index (κ3) is 3.21. The SMILES string of the molecule is CC.Nc1cc(-c2ccc(Cl)nc2)ccn1. The molecule has 0 atom stereocenters. The van der Waals surface area contributed by atoms with E-state index in [2.05, 4.69) is 9.97 Å². The fourth-order valence-electron chi connectivity index (χ4n) is 1.17. The minimum absolute atomic E-state index is 0.482. The maximum Gasteiger partial charge on any atom is 0.129 e. The van der Waals surface area contributed by atoms with Crippen LogP contribution in [0.4, 0.5) is 5.82 Å². The molecule has 0 spiro atoms. The van der Waals surface area contributed by atoms with Crippen molar-refractivity contribution in [2.24, 2.45) is 0 Å². The van der Waals surface area contributed by atoms with Gasteiger partial charge in [0.05, 0.1) is 0 Å². The molecular weight excluding hydrogens is 222 g/mol. The lowest BCUT2D eigenvalue weighted by Gasteiger charge is -2.01. The number of pyridine rings is 2. The molecule has 0 bridgehead atoms. The average molecular weight is 236 g/mol. The summed E-state index contributed by atoms with van der Waals surface area (Å²) in [6.07, 6.45) is 3.37. The zero-order valence-electron chi connectivity index (χ0n) is 9.31. The van der Waals surface area contributed by atoms with Crippen LogP contribution in [-0.4, -0.2) is 9.97 Å². The third-order valence-corrected chi connectivity index (χ3v) is 2.07. The fraction of sp³-hybridized carbons (Fsp3) is 0.167. The van der Waals surface area contributed by atoms with Gasteiger partial charge in [0, 0.05) is 18.0 Å². The van der Waals surface area contributed by atoms with E-state index in [9.17, 15) is 0 Å². The predicted octanol–water partition coefficient (Wildman–Crippen LogP) is 3.41. The molecule has 16 heavy (non-hydrogen) atoms. The number of nitrogen functional groups attached to an aromatic ring is 1. The van der Waals surface area contributed by atoms with Crippen molar-refractivity contribution in [2.75, 3.05) is 5.73 Å². The lowest BCUT2D eigenvalue weighted by atomic mass is 10.1. The summed E-state index contributed by atoms with van der Waals surface area (Å²) in [5.74, 6) is 0.498. The maximum absolute atomic E-state index is 5.68. The molecule has 2 rings (SSSR count). The highest BCUT2D eigenvalue weighted by molar-refractivity contribution is 6.29. The van der Waals surface area contributed by atoms with Crippen LogP contribution in [0, 0.1) is 0 Å². The molecule has 0 amide bonds. The molecule has 4 heteroatoms. The first-order chi connectivity index (χ1) is 7.75. The summed E-state index contributed by atoms with van der Waals surface area (Å²) >= 11 is 5.68. The number of hydrogen-bond donors (Lipinski definition) is 1. The molecule has 84 valence electrons. The van der Waals surface area contributed by atoms with Gasteiger partial charge in [0.2, 0.25) is 0 Å². The van der Waals surface area contributed by atoms with Gasteiger partial charge in [-0.05, 0) is 29.8 Å². The van der Waals surface area contributed by atoms with Crippen LogP contribution in [0.3, 0.4) is 0 Å². The predicted molar refractivity (Wildman–Crippen MR) is 68.2 cm³/mol. The van der Waals surface area contributed by atoms with E-state index in [0.717, 1.165) is 11.1 Å². The summed E-state index contributed by atoms with van der Waals surface area (Å²) in [6, 6.07) is 7.31. The first kappa shape index (κ1) is 12.5. The molecule has 2 aromatic rings. The number of halogens is 1. The molecule has 2 aromatic heterocycles. The van der Waals surface area contributed by atoms with Gasteiger partial charge < -0.3 is 5.73 Å². The normalized spacial score (nSPS) is 9.19. The Bertz CT molecular complexity index is 440. The molecular formula is C12H14ClN3. The van der Waals surface area contributed by atoms with E-state index in [0.29, 0.717) is 11.0 Å². The number of nitrogens with two attached hydrogens (primary N) is 1. The van der Waals surface area contributed by atoms with E-state index in [1.54, 1.807) is 24.5 Å². The van der Waals surface area contributed by atoms with E-state index >= 15 is 0 Å². The largest absolute Gasteiger partial charge is 0.384 e. The number of anilines is 1. The average Bonchev–Trinajstić information content (AvgIpc) is 2.32. The van der Waals surface area contributed by atoms with E-state index in [1.807, 2.05) is 26.0 Å². The monoisotopic (exact) mass is 235 g/mol. The first-order valence-corrected chi connectivity index (χ1v) is 5.47. The van der Waals surface area contributed by atoms with Gasteiger partial charge in [0.25, 0.3) is 0 Å². The topological polar surface area (TPSA) is 51.8 Å². The summed E-state index contributed by atoms with van der Waals surface area (Å²) in [4.78, 5) is 7.90. The van der Waals surface area contributed by atoms with Gasteiger partial charge in [-0.3, -0.25) is 0 Å². The van der Waals surface area contributed by atoms with E-state index < -0.39 is 0 Å². The van der Waals surface area contributed by atoms with E-state index in [1.165, 1.54) is 0 Å². The molecule has 0 saturated carbocycles. The van der Waals surface area contributed by atoms with Crippen molar-refractivity contribution in [2.45, 2.75) is 13.8 Å². The Labute approximate surface area is 100 Å². The lowest BCUT2D eigenvalue weighted by Crippen LogP contribution is -1.89. The van der Waals surface area contributed by atoms with Crippen molar-refractivity contribution in [3.63, 3.8) is 0 Å². The van der Waals surface area contributed by atoms with Crippen LogP contribution in [0.25, 0.3) is 11.1 Å². The Kier molecular flexibility index (Phi) is 4.73. The van der Waals surface area contributed by atoms with Crippen molar-refractivity contribution in [1.82, 2.24) is 9.97 Å². The van der Waals surface area contributed by atoms with Gasteiger partial charge in [-0.15, -0.1) is 0 Å². The highest BCUT2D eigenvalue weighted by Gasteiger charge is 1.98. The van der Waals surface area contributed by atoms with Gasteiger partial charge >= 0.3 is 0 Å². The van der Waals surface area contributed by atoms with E-state index in [-0.39, 0.29) is 0 Å². The van der Waals surface area contributed by atoms with Crippen LogP contribution >= 0.6 is 11.6 Å². The zero-order valence-corrected chi connectivity index (χ0v) is 10.1. The van der Waals surface area contributed by atoms with Gasteiger partial charge in [-0.2, -0.15) is 0 Å². The molecule has 0 saturated heterocycles. The molecule has 2 heterocycles. The summed E-state index contributed by atoms with van der Waals surface area (Å²) in [6.45, 7) is 4.00. The highest BCUT2D eigenvalue weighted by atomic mass is 35.5. The smallest absolute Gasteiger partial charge is 0.129 e. The Morgan fingerprint density at radius 2 is 1.81 bits per heavy atom. The van der Waals surface area contributed by atoms with Gasteiger partial charge in [0.1, 0.15) is 11.0 Å². The first-order valence-electron chi connectivity index (χ1n) is 5.09. The molecule has 0 aliphatic heterocycles. The number of nitrogens with zero attached hydrogens (tertiary/aromatic N) is 2. The molecule has 0 aliphatic rings. The van der Waals surface area contributed by atoms with Crippen molar-refractivity contribution < 1.29 is 0 Å². The quantitative estimate of drug-likeness (QED) is 0.771. The summed E-state index contributed by atoms with van der Waals surface area (Å²) in [5.41, 5.74) is 7.53. The standard InChI is InChI=1S/C10H8ClN3.C2H6/c11-9-2-1-8(6-14-9)7-3-4-13-10(12)5-7;1-2/h1-6H,(H2,12,13);1-2H3. The van der Waals surface area contributed by atoms with Crippen molar-refractivity contribution in [3.05, 3.63) is 41.8 Å². The molecule has 0 fully saturated rings. The fourth-order valence-corrected chi connectivity index (χ4v) is 1.29. The second kappa shape index (κ2) is 6.08. The van der Waals surface area contributed by atoms with Crippen LogP contribution in [0.5, 0.6) is 0 Å². The lowest BCUT2D eigenvalue weighted by molar-refractivity contribution is 1.31. The van der Waals surface area contributed by atoms with Crippen LogP contribution in [0.2, 0.25) is 5.15 Å². The third-order valence-electron chi connectivity index (χ3n) is 1.84. The molecule has 2 N–H and O–H groups in total. The maximum atomic E-state index is 5.68.